The SMILES string of the molecule is CC1(C)Cc2cccc(OCC(=O)Nc3cccc(CN4CCCC4C(N)=O)c3)c2O1. The molecule has 0 radical (unpaired) electrons. The summed E-state index contributed by atoms with van der Waals surface area (Å²) in [5, 5.41) is 2.88. The van der Waals surface area contributed by atoms with Crippen molar-refractivity contribution in [2.45, 2.75) is 51.3 Å². The number of nitrogens with one attached hydrogen (secondary N) is 1. The maximum Gasteiger partial charge on any atom is 0.262 e. The number of ether oxygens (including phenoxy) is 2. The summed E-state index contributed by atoms with van der Waals surface area (Å²) in [7, 11) is 0. The van der Waals surface area contributed by atoms with E-state index >= 15 is 0 Å². The number of benzene rings is 2. The molecule has 2 heterocycles. The molecule has 31 heavy (non-hydrogen) atoms. The van der Waals surface area contributed by atoms with Gasteiger partial charge in [-0.15, -0.1) is 0 Å². The number of nitrogens with zero attached hydrogens (tertiary/aromatic N) is 1. The zero-order valence-electron chi connectivity index (χ0n) is 18.0. The minimum atomic E-state index is -0.279. The molecule has 0 aliphatic carbocycles. The fourth-order valence-electron chi connectivity index (χ4n) is 4.36. The van der Waals surface area contributed by atoms with Gasteiger partial charge in [-0.1, -0.05) is 24.3 Å². The number of anilines is 1. The molecular weight excluding hydrogens is 394 g/mol. The van der Waals surface area contributed by atoms with Crippen LogP contribution in [0.15, 0.2) is 42.5 Å². The van der Waals surface area contributed by atoms with Crippen LogP contribution in [0.3, 0.4) is 0 Å². The van der Waals surface area contributed by atoms with Gasteiger partial charge in [-0.3, -0.25) is 14.5 Å². The number of rotatable bonds is 7. The van der Waals surface area contributed by atoms with Gasteiger partial charge in [0.05, 0.1) is 6.04 Å². The highest BCUT2D eigenvalue weighted by molar-refractivity contribution is 5.92. The Balaban J connectivity index is 1.34. The molecule has 1 saturated heterocycles. The van der Waals surface area contributed by atoms with Gasteiger partial charge < -0.3 is 20.5 Å². The second kappa shape index (κ2) is 8.59. The van der Waals surface area contributed by atoms with Crippen LogP contribution in [0.1, 0.15) is 37.8 Å². The molecule has 3 N–H and O–H groups in total. The third-order valence-corrected chi connectivity index (χ3v) is 5.70. The van der Waals surface area contributed by atoms with Crippen molar-refractivity contribution in [2.75, 3.05) is 18.5 Å². The van der Waals surface area contributed by atoms with Crippen LogP contribution in [0.25, 0.3) is 0 Å². The number of nitrogens with two attached hydrogens (primary N) is 1. The second-order valence-corrected chi connectivity index (χ2v) is 8.85. The zero-order valence-corrected chi connectivity index (χ0v) is 18.0. The maximum atomic E-state index is 12.5. The standard InChI is InChI=1S/C24H29N3O4/c1-24(2)13-17-7-4-10-20(22(17)31-24)30-15-21(28)26-18-8-3-6-16(12-18)14-27-11-5-9-19(27)23(25)29/h3-4,6-8,10,12,19H,5,9,11,13-15H2,1-2H3,(H2,25,29)(H,26,28). The largest absolute Gasteiger partial charge is 0.483 e. The van der Waals surface area contributed by atoms with E-state index in [1.165, 1.54) is 0 Å². The van der Waals surface area contributed by atoms with E-state index in [1.54, 1.807) is 0 Å². The summed E-state index contributed by atoms with van der Waals surface area (Å²) in [6.45, 7) is 5.42. The lowest BCUT2D eigenvalue weighted by atomic mass is 10.0. The molecule has 2 aromatic carbocycles. The van der Waals surface area contributed by atoms with Crippen LogP contribution in [0, 0.1) is 0 Å². The van der Waals surface area contributed by atoms with E-state index in [9.17, 15) is 9.59 Å². The fourth-order valence-corrected chi connectivity index (χ4v) is 4.36. The Morgan fingerprint density at radius 1 is 1.26 bits per heavy atom. The third-order valence-electron chi connectivity index (χ3n) is 5.70. The van der Waals surface area contributed by atoms with Crippen LogP contribution in [-0.2, 0) is 22.6 Å². The molecule has 164 valence electrons. The first-order valence-electron chi connectivity index (χ1n) is 10.7. The van der Waals surface area contributed by atoms with Crippen molar-refractivity contribution >= 4 is 17.5 Å². The van der Waals surface area contributed by atoms with Crippen LogP contribution < -0.4 is 20.5 Å². The van der Waals surface area contributed by atoms with E-state index in [4.69, 9.17) is 15.2 Å². The Labute approximate surface area is 182 Å². The Hall–Kier alpha value is -3.06. The molecule has 4 rings (SSSR count). The number of carbonyl (C=O) groups is 2. The monoisotopic (exact) mass is 423 g/mol. The summed E-state index contributed by atoms with van der Waals surface area (Å²) >= 11 is 0. The lowest BCUT2D eigenvalue weighted by molar-refractivity contribution is -0.122. The molecule has 0 saturated carbocycles. The predicted octanol–water partition coefficient (Wildman–Crippen LogP) is 2.87. The molecule has 1 unspecified atom stereocenters. The molecule has 0 bridgehead atoms. The van der Waals surface area contributed by atoms with Gasteiger partial charge in [-0.25, -0.2) is 0 Å². The van der Waals surface area contributed by atoms with Gasteiger partial charge in [-0.2, -0.15) is 0 Å². The number of likely N-dealkylation sites (tertiary alicyclic amines) is 1. The first-order valence-corrected chi connectivity index (χ1v) is 10.7. The lowest BCUT2D eigenvalue weighted by Gasteiger charge is -2.22. The molecule has 0 spiro atoms. The minimum absolute atomic E-state index is 0.111. The van der Waals surface area contributed by atoms with Crippen LogP contribution in [0.5, 0.6) is 11.5 Å². The highest BCUT2D eigenvalue weighted by Gasteiger charge is 2.32. The van der Waals surface area contributed by atoms with Crippen molar-refractivity contribution in [1.82, 2.24) is 4.90 Å². The molecule has 2 aromatic rings. The minimum Gasteiger partial charge on any atom is -0.483 e. The molecule has 1 atom stereocenters. The molecule has 2 amide bonds. The number of hydrogen-bond donors (Lipinski definition) is 2. The normalized spacial score (nSPS) is 19.5. The summed E-state index contributed by atoms with van der Waals surface area (Å²) in [6, 6.07) is 13.2. The quantitative estimate of drug-likeness (QED) is 0.714. The third kappa shape index (κ3) is 4.99. The van der Waals surface area contributed by atoms with Crippen molar-refractivity contribution in [2.24, 2.45) is 5.73 Å². The van der Waals surface area contributed by atoms with Crippen molar-refractivity contribution in [3.05, 3.63) is 53.6 Å². The number of amides is 2. The molecule has 2 aliphatic rings. The molecule has 0 aromatic heterocycles. The Morgan fingerprint density at radius 2 is 2.06 bits per heavy atom. The molecule has 2 aliphatic heterocycles. The smallest absolute Gasteiger partial charge is 0.262 e. The van der Waals surface area contributed by atoms with Crippen molar-refractivity contribution in [1.29, 1.82) is 0 Å². The molecule has 1 fully saturated rings. The fraction of sp³-hybridized carbons (Fsp3) is 0.417. The van der Waals surface area contributed by atoms with E-state index in [0.29, 0.717) is 18.0 Å². The number of primary amides is 1. The summed E-state index contributed by atoms with van der Waals surface area (Å²) in [4.78, 5) is 26.2. The molecule has 7 heteroatoms. The average molecular weight is 424 g/mol. The zero-order chi connectivity index (χ0) is 22.0. The van der Waals surface area contributed by atoms with Crippen molar-refractivity contribution in [3.8, 4) is 11.5 Å². The van der Waals surface area contributed by atoms with E-state index in [-0.39, 0.29) is 30.1 Å². The van der Waals surface area contributed by atoms with E-state index < -0.39 is 0 Å². The first kappa shape index (κ1) is 21.2. The van der Waals surface area contributed by atoms with Crippen LogP contribution in [0.4, 0.5) is 5.69 Å². The number of fused-ring (bicyclic) bond motifs is 1. The maximum absolute atomic E-state index is 12.5. The van der Waals surface area contributed by atoms with Gasteiger partial charge in [-0.05, 0) is 57.0 Å². The van der Waals surface area contributed by atoms with Gasteiger partial charge in [0, 0.05) is 24.2 Å². The predicted molar refractivity (Wildman–Crippen MR) is 118 cm³/mol. The summed E-state index contributed by atoms with van der Waals surface area (Å²) in [5.74, 6) is 0.775. The summed E-state index contributed by atoms with van der Waals surface area (Å²) < 4.78 is 11.7. The topological polar surface area (TPSA) is 93.9 Å². The number of carbonyl (C=O) groups excluding carboxylic acids is 2. The van der Waals surface area contributed by atoms with E-state index in [2.05, 4.69) is 10.2 Å². The highest BCUT2D eigenvalue weighted by atomic mass is 16.5. The Kier molecular flexibility index (Phi) is 5.87. The lowest BCUT2D eigenvalue weighted by Crippen LogP contribution is -2.39. The first-order chi connectivity index (χ1) is 14.8. The van der Waals surface area contributed by atoms with Gasteiger partial charge in [0.25, 0.3) is 5.91 Å². The highest BCUT2D eigenvalue weighted by Crippen LogP contribution is 2.41. The number of hydrogen-bond acceptors (Lipinski definition) is 5. The van der Waals surface area contributed by atoms with E-state index in [0.717, 1.165) is 42.7 Å². The number of para-hydroxylation sites is 1. The Bertz CT molecular complexity index is 989. The molecular formula is C24H29N3O4. The van der Waals surface area contributed by atoms with Gasteiger partial charge >= 0.3 is 0 Å². The van der Waals surface area contributed by atoms with Crippen molar-refractivity contribution in [3.63, 3.8) is 0 Å². The summed E-state index contributed by atoms with van der Waals surface area (Å²) in [5.41, 5.74) is 8.03. The Morgan fingerprint density at radius 3 is 2.87 bits per heavy atom. The van der Waals surface area contributed by atoms with Gasteiger partial charge in [0.15, 0.2) is 18.1 Å². The molecule has 7 nitrogen and oxygen atoms in total. The van der Waals surface area contributed by atoms with Gasteiger partial charge in [0.1, 0.15) is 5.60 Å². The van der Waals surface area contributed by atoms with E-state index in [1.807, 2.05) is 56.3 Å². The van der Waals surface area contributed by atoms with Crippen LogP contribution >= 0.6 is 0 Å². The average Bonchev–Trinajstić information content (AvgIpc) is 3.29. The van der Waals surface area contributed by atoms with Crippen molar-refractivity contribution < 1.29 is 19.1 Å². The van der Waals surface area contributed by atoms with Crippen LogP contribution in [0.2, 0.25) is 0 Å². The van der Waals surface area contributed by atoms with Crippen LogP contribution in [-0.4, -0.2) is 41.5 Å². The second-order valence-electron chi connectivity index (χ2n) is 8.85. The van der Waals surface area contributed by atoms with Gasteiger partial charge in [0.2, 0.25) is 5.91 Å². The summed E-state index contributed by atoms with van der Waals surface area (Å²) in [6.07, 6.45) is 2.57.